The van der Waals surface area contributed by atoms with Crippen LogP contribution in [0.5, 0.6) is 0 Å². The van der Waals surface area contributed by atoms with Crippen LogP contribution in [0, 0.1) is 0 Å². The van der Waals surface area contributed by atoms with Gasteiger partial charge in [-0.2, -0.15) is 4.31 Å². The van der Waals surface area contributed by atoms with E-state index in [1.165, 1.54) is 9.21 Å². The molecule has 1 fully saturated rings. The summed E-state index contributed by atoms with van der Waals surface area (Å²) in [5.41, 5.74) is 6.24. The van der Waals surface area contributed by atoms with E-state index in [0.717, 1.165) is 5.56 Å². The topological polar surface area (TPSA) is 98.8 Å². The summed E-state index contributed by atoms with van der Waals surface area (Å²) in [7, 11) is -3.61. The van der Waals surface area contributed by atoms with E-state index < -0.39 is 22.0 Å². The second kappa shape index (κ2) is 9.27. The lowest BCUT2D eigenvalue weighted by Gasteiger charge is -2.33. The van der Waals surface area contributed by atoms with Crippen LogP contribution < -0.4 is 10.9 Å². The Morgan fingerprint density at radius 1 is 0.867 bits per heavy atom. The summed E-state index contributed by atoms with van der Waals surface area (Å²) in [6, 6.07) is 15.0. The molecule has 30 heavy (non-hydrogen) atoms. The van der Waals surface area contributed by atoms with E-state index in [9.17, 15) is 18.0 Å². The number of carbonyl (C=O) groups excluding carboxylic acids is 2. The van der Waals surface area contributed by atoms with Crippen molar-refractivity contribution >= 4 is 22.0 Å². The predicted octanol–water partition coefficient (Wildman–Crippen LogP) is 2.17. The molecule has 0 unspecified atom stereocenters. The number of urea groups is 1. The third kappa shape index (κ3) is 4.98. The predicted molar refractivity (Wildman–Crippen MR) is 113 cm³/mol. The SMILES string of the molecule is CC(C)c1ccc(S(=O)(=O)N2CCN(C(=O)NNC(=O)c3ccccc3)CC2)cc1. The highest BCUT2D eigenvalue weighted by Gasteiger charge is 2.30. The smallest absolute Gasteiger partial charge is 0.321 e. The van der Waals surface area contributed by atoms with Gasteiger partial charge in [0, 0.05) is 31.7 Å². The van der Waals surface area contributed by atoms with Crippen molar-refractivity contribution < 1.29 is 18.0 Å². The number of hydrogen-bond acceptors (Lipinski definition) is 4. The molecule has 1 heterocycles. The summed E-state index contributed by atoms with van der Waals surface area (Å²) < 4.78 is 27.1. The van der Waals surface area contributed by atoms with Gasteiger partial charge in [-0.1, -0.05) is 44.2 Å². The summed E-state index contributed by atoms with van der Waals surface area (Å²) in [4.78, 5) is 26.0. The number of benzene rings is 2. The van der Waals surface area contributed by atoms with Gasteiger partial charge in [0.1, 0.15) is 0 Å². The van der Waals surface area contributed by atoms with Gasteiger partial charge in [-0.05, 0) is 35.7 Å². The molecule has 1 aliphatic rings. The maximum absolute atomic E-state index is 12.9. The van der Waals surface area contributed by atoms with Crippen LogP contribution in [0.3, 0.4) is 0 Å². The number of amides is 3. The highest BCUT2D eigenvalue weighted by atomic mass is 32.2. The largest absolute Gasteiger partial charge is 0.336 e. The van der Waals surface area contributed by atoms with Crippen LogP contribution in [0.15, 0.2) is 59.5 Å². The van der Waals surface area contributed by atoms with E-state index in [4.69, 9.17) is 0 Å². The minimum absolute atomic E-state index is 0.189. The van der Waals surface area contributed by atoms with Crippen LogP contribution in [0.4, 0.5) is 4.79 Å². The fourth-order valence-electron chi connectivity index (χ4n) is 3.16. The molecule has 3 rings (SSSR count). The summed E-state index contributed by atoms with van der Waals surface area (Å²) in [6.45, 7) is 4.95. The average molecular weight is 431 g/mol. The van der Waals surface area contributed by atoms with Crippen LogP contribution in [0.1, 0.15) is 35.7 Å². The minimum atomic E-state index is -3.61. The molecule has 1 aliphatic heterocycles. The van der Waals surface area contributed by atoms with Crippen LogP contribution in [0.2, 0.25) is 0 Å². The third-order valence-corrected chi connectivity index (χ3v) is 6.94. The highest BCUT2D eigenvalue weighted by Crippen LogP contribution is 2.21. The zero-order valence-corrected chi connectivity index (χ0v) is 17.9. The van der Waals surface area contributed by atoms with Crippen molar-refractivity contribution in [2.75, 3.05) is 26.2 Å². The fourth-order valence-corrected chi connectivity index (χ4v) is 4.58. The molecular weight excluding hydrogens is 404 g/mol. The molecule has 0 aromatic heterocycles. The molecule has 160 valence electrons. The highest BCUT2D eigenvalue weighted by molar-refractivity contribution is 7.89. The molecule has 0 saturated carbocycles. The number of nitrogens with zero attached hydrogens (tertiary/aromatic N) is 2. The fraction of sp³-hybridized carbons (Fsp3) is 0.333. The van der Waals surface area contributed by atoms with Crippen LogP contribution in [-0.2, 0) is 10.0 Å². The van der Waals surface area contributed by atoms with Crippen LogP contribution in [-0.4, -0.2) is 55.7 Å². The Hall–Kier alpha value is -2.91. The first kappa shape index (κ1) is 21.8. The zero-order valence-electron chi connectivity index (χ0n) is 17.0. The van der Waals surface area contributed by atoms with E-state index in [1.807, 2.05) is 12.1 Å². The van der Waals surface area contributed by atoms with Crippen molar-refractivity contribution in [3.63, 3.8) is 0 Å². The molecule has 9 heteroatoms. The van der Waals surface area contributed by atoms with Gasteiger partial charge in [0.15, 0.2) is 0 Å². The van der Waals surface area contributed by atoms with E-state index >= 15 is 0 Å². The summed E-state index contributed by atoms with van der Waals surface area (Å²) in [5, 5.41) is 0. The molecule has 2 aromatic rings. The quantitative estimate of drug-likeness (QED) is 0.726. The standard InChI is InChI=1S/C21H26N4O4S/c1-16(2)17-8-10-19(11-9-17)30(28,29)25-14-12-24(13-15-25)21(27)23-22-20(26)18-6-4-3-5-7-18/h3-11,16H,12-15H2,1-2H3,(H,22,26)(H,23,27). The molecule has 8 nitrogen and oxygen atoms in total. The first-order valence-electron chi connectivity index (χ1n) is 9.79. The average Bonchev–Trinajstić information content (AvgIpc) is 2.78. The molecular formula is C21H26N4O4S. The molecule has 2 N–H and O–H groups in total. The molecule has 0 spiro atoms. The maximum Gasteiger partial charge on any atom is 0.336 e. The minimum Gasteiger partial charge on any atom is -0.321 e. The number of sulfonamides is 1. The monoisotopic (exact) mass is 430 g/mol. The van der Waals surface area contributed by atoms with Crippen LogP contribution in [0.25, 0.3) is 0 Å². The number of hydrogen-bond donors (Lipinski definition) is 2. The van der Waals surface area contributed by atoms with E-state index in [1.54, 1.807) is 42.5 Å². The van der Waals surface area contributed by atoms with Crippen molar-refractivity contribution in [3.05, 3.63) is 65.7 Å². The molecule has 0 atom stereocenters. The van der Waals surface area contributed by atoms with E-state index in [0.29, 0.717) is 11.5 Å². The van der Waals surface area contributed by atoms with Crippen LogP contribution >= 0.6 is 0 Å². The van der Waals surface area contributed by atoms with Crippen molar-refractivity contribution in [3.8, 4) is 0 Å². The van der Waals surface area contributed by atoms with Gasteiger partial charge in [0.2, 0.25) is 10.0 Å². The Kier molecular flexibility index (Phi) is 6.73. The van der Waals surface area contributed by atoms with Gasteiger partial charge in [-0.3, -0.25) is 10.2 Å². The lowest BCUT2D eigenvalue weighted by atomic mass is 10.0. The lowest BCUT2D eigenvalue weighted by molar-refractivity contribution is 0.0926. The number of hydrazine groups is 1. The normalized spacial score (nSPS) is 15.1. The molecule has 0 radical (unpaired) electrons. The number of piperazine rings is 1. The Labute approximate surface area is 176 Å². The van der Waals surface area contributed by atoms with Crippen molar-refractivity contribution in [1.82, 2.24) is 20.1 Å². The second-order valence-electron chi connectivity index (χ2n) is 7.37. The van der Waals surface area contributed by atoms with Gasteiger partial charge < -0.3 is 4.90 Å². The Bertz CT molecular complexity index is 983. The lowest BCUT2D eigenvalue weighted by Crippen LogP contribution is -2.56. The number of nitrogens with one attached hydrogen (secondary N) is 2. The maximum atomic E-state index is 12.9. The Morgan fingerprint density at radius 2 is 1.47 bits per heavy atom. The van der Waals surface area contributed by atoms with Gasteiger partial charge in [-0.25, -0.2) is 18.6 Å². The molecule has 0 aliphatic carbocycles. The second-order valence-corrected chi connectivity index (χ2v) is 9.30. The van der Waals surface area contributed by atoms with E-state index in [2.05, 4.69) is 24.7 Å². The molecule has 3 amide bonds. The molecule has 2 aromatic carbocycles. The Morgan fingerprint density at radius 3 is 2.03 bits per heavy atom. The zero-order chi connectivity index (χ0) is 21.7. The summed E-state index contributed by atoms with van der Waals surface area (Å²) >= 11 is 0. The van der Waals surface area contributed by atoms with Gasteiger partial charge in [-0.15, -0.1) is 0 Å². The van der Waals surface area contributed by atoms with E-state index in [-0.39, 0.29) is 31.1 Å². The van der Waals surface area contributed by atoms with Gasteiger partial charge >= 0.3 is 6.03 Å². The van der Waals surface area contributed by atoms with Crippen molar-refractivity contribution in [1.29, 1.82) is 0 Å². The first-order valence-corrected chi connectivity index (χ1v) is 11.2. The third-order valence-electron chi connectivity index (χ3n) is 5.03. The summed E-state index contributed by atoms with van der Waals surface area (Å²) in [6.07, 6.45) is 0. The number of carbonyl (C=O) groups is 2. The van der Waals surface area contributed by atoms with Gasteiger partial charge in [0.25, 0.3) is 5.91 Å². The first-order chi connectivity index (χ1) is 14.3. The molecule has 1 saturated heterocycles. The Balaban J connectivity index is 1.53. The van der Waals surface area contributed by atoms with Crippen molar-refractivity contribution in [2.24, 2.45) is 0 Å². The molecule has 0 bridgehead atoms. The van der Waals surface area contributed by atoms with Gasteiger partial charge in [0.05, 0.1) is 4.90 Å². The van der Waals surface area contributed by atoms with Crippen molar-refractivity contribution in [2.45, 2.75) is 24.7 Å². The number of rotatable bonds is 4. The summed E-state index contributed by atoms with van der Waals surface area (Å²) in [5.74, 6) is -0.0961.